The van der Waals surface area contributed by atoms with Crippen molar-refractivity contribution in [1.29, 1.82) is 0 Å². The SMILES string of the molecule is COc1ccc(S(=O)(=O)NC(CN)CC(C)C)c(C)c1.Cl. The summed E-state index contributed by atoms with van der Waals surface area (Å²) in [6.45, 7) is 6.11. The zero-order valence-corrected chi connectivity index (χ0v) is 14.6. The summed E-state index contributed by atoms with van der Waals surface area (Å²) in [5, 5.41) is 0. The Kier molecular flexibility index (Phi) is 8.25. The lowest BCUT2D eigenvalue weighted by Gasteiger charge is -2.19. The van der Waals surface area contributed by atoms with Crippen LogP contribution in [0.2, 0.25) is 0 Å². The summed E-state index contributed by atoms with van der Waals surface area (Å²) < 4.78 is 32.5. The highest BCUT2D eigenvalue weighted by Crippen LogP contribution is 2.21. The molecule has 122 valence electrons. The van der Waals surface area contributed by atoms with E-state index in [4.69, 9.17) is 10.5 Å². The van der Waals surface area contributed by atoms with E-state index in [0.717, 1.165) is 0 Å². The molecule has 1 unspecified atom stereocenters. The van der Waals surface area contributed by atoms with E-state index < -0.39 is 10.0 Å². The maximum absolute atomic E-state index is 12.4. The minimum absolute atomic E-state index is 0. The van der Waals surface area contributed by atoms with E-state index >= 15 is 0 Å². The lowest BCUT2D eigenvalue weighted by atomic mass is 10.1. The summed E-state index contributed by atoms with van der Waals surface area (Å²) >= 11 is 0. The fraction of sp³-hybridized carbons (Fsp3) is 0.571. The number of nitrogens with one attached hydrogen (secondary N) is 1. The number of aryl methyl sites for hydroxylation is 1. The van der Waals surface area contributed by atoms with Crippen molar-refractivity contribution in [3.05, 3.63) is 23.8 Å². The third-order valence-corrected chi connectivity index (χ3v) is 4.71. The first-order chi connectivity index (χ1) is 9.30. The number of hydrogen-bond donors (Lipinski definition) is 2. The van der Waals surface area contributed by atoms with Crippen molar-refractivity contribution in [3.8, 4) is 5.75 Å². The number of halogens is 1. The zero-order valence-electron chi connectivity index (χ0n) is 12.9. The van der Waals surface area contributed by atoms with Gasteiger partial charge in [-0.15, -0.1) is 12.4 Å². The monoisotopic (exact) mass is 336 g/mol. The van der Waals surface area contributed by atoms with Gasteiger partial charge in [-0.2, -0.15) is 0 Å². The second-order valence-corrected chi connectivity index (χ2v) is 7.00. The second kappa shape index (κ2) is 8.58. The predicted molar refractivity (Wildman–Crippen MR) is 87.6 cm³/mol. The number of sulfonamides is 1. The van der Waals surface area contributed by atoms with E-state index in [2.05, 4.69) is 4.72 Å². The van der Waals surface area contributed by atoms with Crippen LogP contribution in [-0.2, 0) is 10.0 Å². The molecule has 0 spiro atoms. The highest BCUT2D eigenvalue weighted by molar-refractivity contribution is 7.89. The Morgan fingerprint density at radius 3 is 2.38 bits per heavy atom. The molecule has 21 heavy (non-hydrogen) atoms. The Hall–Kier alpha value is -0.820. The van der Waals surface area contributed by atoms with Crippen LogP contribution in [0.3, 0.4) is 0 Å². The van der Waals surface area contributed by atoms with Gasteiger partial charge in [0.25, 0.3) is 0 Å². The molecular formula is C14H25ClN2O3S. The zero-order chi connectivity index (χ0) is 15.3. The first-order valence-electron chi connectivity index (χ1n) is 6.67. The lowest BCUT2D eigenvalue weighted by molar-refractivity contribution is 0.414. The molecule has 0 radical (unpaired) electrons. The number of nitrogens with two attached hydrogens (primary N) is 1. The molecule has 0 heterocycles. The molecule has 0 fully saturated rings. The van der Waals surface area contributed by atoms with Gasteiger partial charge < -0.3 is 10.5 Å². The van der Waals surface area contributed by atoms with Gasteiger partial charge in [0, 0.05) is 12.6 Å². The summed E-state index contributed by atoms with van der Waals surface area (Å²) in [6, 6.07) is 4.65. The summed E-state index contributed by atoms with van der Waals surface area (Å²) in [5.74, 6) is 1.02. The maximum atomic E-state index is 12.4. The molecule has 1 aromatic carbocycles. The van der Waals surface area contributed by atoms with Crippen LogP contribution in [0.5, 0.6) is 5.75 Å². The third-order valence-electron chi connectivity index (χ3n) is 3.03. The lowest BCUT2D eigenvalue weighted by Crippen LogP contribution is -2.41. The van der Waals surface area contributed by atoms with Crippen LogP contribution in [0.25, 0.3) is 0 Å². The fourth-order valence-electron chi connectivity index (χ4n) is 2.09. The quantitative estimate of drug-likeness (QED) is 0.798. The van der Waals surface area contributed by atoms with Crippen LogP contribution < -0.4 is 15.2 Å². The molecule has 0 bridgehead atoms. The summed E-state index contributed by atoms with van der Waals surface area (Å²) in [5.41, 5.74) is 6.29. The standard InChI is InChI=1S/C14H24N2O3S.ClH/c1-10(2)7-12(9-15)16-20(17,18)14-6-5-13(19-4)8-11(14)3;/h5-6,8,10,12,16H,7,9,15H2,1-4H3;1H. The first kappa shape index (κ1) is 20.2. The molecule has 1 rings (SSSR count). The van der Waals surface area contributed by atoms with Crippen molar-refractivity contribution in [2.75, 3.05) is 13.7 Å². The van der Waals surface area contributed by atoms with Gasteiger partial charge in [0.1, 0.15) is 5.75 Å². The molecule has 0 amide bonds. The van der Waals surface area contributed by atoms with Gasteiger partial charge >= 0.3 is 0 Å². The largest absolute Gasteiger partial charge is 0.497 e. The second-order valence-electron chi connectivity index (χ2n) is 5.31. The molecule has 0 saturated heterocycles. The molecule has 1 atom stereocenters. The van der Waals surface area contributed by atoms with Crippen LogP contribution in [0, 0.1) is 12.8 Å². The Balaban J connectivity index is 0.00000400. The summed E-state index contributed by atoms with van der Waals surface area (Å²) in [4.78, 5) is 0.264. The Morgan fingerprint density at radius 2 is 1.95 bits per heavy atom. The van der Waals surface area contributed by atoms with Gasteiger partial charge in [-0.25, -0.2) is 13.1 Å². The highest BCUT2D eigenvalue weighted by Gasteiger charge is 2.21. The van der Waals surface area contributed by atoms with Crippen molar-refractivity contribution in [2.45, 2.75) is 38.1 Å². The van der Waals surface area contributed by atoms with Crippen molar-refractivity contribution >= 4 is 22.4 Å². The van der Waals surface area contributed by atoms with Crippen molar-refractivity contribution in [2.24, 2.45) is 11.7 Å². The maximum Gasteiger partial charge on any atom is 0.241 e. The smallest absolute Gasteiger partial charge is 0.241 e. The van der Waals surface area contributed by atoms with Gasteiger partial charge in [-0.1, -0.05) is 13.8 Å². The molecule has 5 nitrogen and oxygen atoms in total. The van der Waals surface area contributed by atoms with Crippen LogP contribution >= 0.6 is 12.4 Å². The third kappa shape index (κ3) is 5.82. The van der Waals surface area contributed by atoms with Crippen molar-refractivity contribution in [1.82, 2.24) is 4.72 Å². The summed E-state index contributed by atoms with van der Waals surface area (Å²) in [6.07, 6.45) is 0.713. The number of ether oxygens (including phenoxy) is 1. The van der Waals surface area contributed by atoms with Crippen LogP contribution in [0.4, 0.5) is 0 Å². The van der Waals surface area contributed by atoms with Crippen LogP contribution in [0.1, 0.15) is 25.8 Å². The van der Waals surface area contributed by atoms with E-state index in [9.17, 15) is 8.42 Å². The number of hydrogen-bond acceptors (Lipinski definition) is 4. The first-order valence-corrected chi connectivity index (χ1v) is 8.15. The van der Waals surface area contributed by atoms with E-state index in [1.807, 2.05) is 13.8 Å². The Morgan fingerprint density at radius 1 is 1.33 bits per heavy atom. The van der Waals surface area contributed by atoms with E-state index in [0.29, 0.717) is 23.7 Å². The van der Waals surface area contributed by atoms with E-state index in [-0.39, 0.29) is 29.9 Å². The molecule has 1 aromatic rings. The number of benzene rings is 1. The van der Waals surface area contributed by atoms with Gasteiger partial charge in [0.2, 0.25) is 10.0 Å². The highest BCUT2D eigenvalue weighted by atomic mass is 35.5. The number of rotatable bonds is 7. The summed E-state index contributed by atoms with van der Waals surface area (Å²) in [7, 11) is -2.01. The molecule has 0 aliphatic carbocycles. The molecule has 0 aliphatic heterocycles. The average Bonchev–Trinajstić information content (AvgIpc) is 2.36. The Labute approximate surface area is 133 Å². The topological polar surface area (TPSA) is 81.4 Å². The Bertz CT molecular complexity index is 547. The number of methoxy groups -OCH3 is 1. The molecule has 0 saturated carbocycles. The van der Waals surface area contributed by atoms with Gasteiger partial charge in [0.05, 0.1) is 12.0 Å². The minimum Gasteiger partial charge on any atom is -0.497 e. The average molecular weight is 337 g/mol. The molecule has 0 aromatic heterocycles. The van der Waals surface area contributed by atoms with Gasteiger partial charge in [0.15, 0.2) is 0 Å². The van der Waals surface area contributed by atoms with E-state index in [1.165, 1.54) is 0 Å². The van der Waals surface area contributed by atoms with Crippen LogP contribution in [-0.4, -0.2) is 28.1 Å². The van der Waals surface area contributed by atoms with Crippen molar-refractivity contribution < 1.29 is 13.2 Å². The van der Waals surface area contributed by atoms with E-state index in [1.54, 1.807) is 32.2 Å². The van der Waals surface area contributed by atoms with Gasteiger partial charge in [-0.3, -0.25) is 0 Å². The normalized spacial score (nSPS) is 12.9. The molecule has 7 heteroatoms. The minimum atomic E-state index is -3.56. The molecule has 3 N–H and O–H groups in total. The van der Waals surface area contributed by atoms with Crippen LogP contribution in [0.15, 0.2) is 23.1 Å². The fourth-order valence-corrected chi connectivity index (χ4v) is 3.58. The van der Waals surface area contributed by atoms with Gasteiger partial charge in [-0.05, 0) is 43.0 Å². The molecule has 0 aliphatic rings. The predicted octanol–water partition coefficient (Wildman–Crippen LogP) is 2.08. The van der Waals surface area contributed by atoms with Crippen molar-refractivity contribution in [3.63, 3.8) is 0 Å². The molecular weight excluding hydrogens is 312 g/mol.